The lowest BCUT2D eigenvalue weighted by Crippen LogP contribution is -2.49. The largest absolute Gasteiger partial charge is 0.476 e. The summed E-state index contributed by atoms with van der Waals surface area (Å²) in [7, 11) is -3.84. The second-order valence-electron chi connectivity index (χ2n) is 7.09. The van der Waals surface area contributed by atoms with Gasteiger partial charge in [0.2, 0.25) is 0 Å². The lowest BCUT2D eigenvalue weighted by molar-refractivity contribution is -0.124. The van der Waals surface area contributed by atoms with E-state index in [2.05, 4.69) is 13.8 Å². The van der Waals surface area contributed by atoms with E-state index in [1.807, 2.05) is 12.1 Å². The Hall–Kier alpha value is -2.54. The van der Waals surface area contributed by atoms with Crippen LogP contribution in [-0.2, 0) is 21.2 Å². The third-order valence-corrected chi connectivity index (χ3v) is 6.37. The Morgan fingerprint density at radius 3 is 2.48 bits per heavy atom. The van der Waals surface area contributed by atoms with Gasteiger partial charge in [-0.3, -0.25) is 9.10 Å². The first-order valence-corrected chi connectivity index (χ1v) is 10.4. The summed E-state index contributed by atoms with van der Waals surface area (Å²) in [6.45, 7) is 4.16. The van der Waals surface area contributed by atoms with Crippen LogP contribution in [0, 0.1) is 5.92 Å². The number of rotatable bonds is 6. The average molecular weight is 388 g/mol. The topological polar surface area (TPSA) is 89.7 Å². The first-order valence-electron chi connectivity index (χ1n) is 8.95. The van der Waals surface area contributed by atoms with Gasteiger partial charge in [-0.25, -0.2) is 8.42 Å². The predicted octanol–water partition coefficient (Wildman–Crippen LogP) is 2.72. The van der Waals surface area contributed by atoms with Crippen LogP contribution in [0.15, 0.2) is 53.4 Å². The number of nitrogens with zero attached hydrogens (tertiary/aromatic N) is 1. The van der Waals surface area contributed by atoms with E-state index >= 15 is 0 Å². The highest BCUT2D eigenvalue weighted by atomic mass is 32.2. The Bertz CT molecular complexity index is 923. The monoisotopic (exact) mass is 388 g/mol. The molecule has 0 bridgehead atoms. The lowest BCUT2D eigenvalue weighted by Gasteiger charge is -2.34. The summed E-state index contributed by atoms with van der Waals surface area (Å²) in [6, 6.07) is 13.6. The minimum Gasteiger partial charge on any atom is -0.476 e. The van der Waals surface area contributed by atoms with Crippen LogP contribution in [-0.4, -0.2) is 27.0 Å². The maximum Gasteiger partial charge on any atom is 0.264 e. The van der Waals surface area contributed by atoms with E-state index < -0.39 is 22.0 Å². The summed E-state index contributed by atoms with van der Waals surface area (Å²) in [5.74, 6) is 0.211. The number of anilines is 1. The molecule has 0 saturated carbocycles. The van der Waals surface area contributed by atoms with Crippen LogP contribution in [0.2, 0.25) is 0 Å². The van der Waals surface area contributed by atoms with Gasteiger partial charge in [-0.1, -0.05) is 38.1 Å². The van der Waals surface area contributed by atoms with Crippen molar-refractivity contribution in [1.29, 1.82) is 0 Å². The van der Waals surface area contributed by atoms with Crippen molar-refractivity contribution in [3.05, 3.63) is 54.1 Å². The molecule has 2 aromatic rings. The molecule has 1 aliphatic heterocycles. The molecule has 0 aliphatic carbocycles. The zero-order valence-electron chi connectivity index (χ0n) is 15.5. The number of amides is 1. The smallest absolute Gasteiger partial charge is 0.264 e. The summed E-state index contributed by atoms with van der Waals surface area (Å²) < 4.78 is 33.2. The van der Waals surface area contributed by atoms with Crippen molar-refractivity contribution in [3.8, 4) is 5.75 Å². The van der Waals surface area contributed by atoms with Crippen LogP contribution in [0.25, 0.3) is 0 Å². The molecule has 0 spiro atoms. The number of primary amides is 1. The minimum absolute atomic E-state index is 0.149. The zero-order valence-corrected chi connectivity index (χ0v) is 16.3. The van der Waals surface area contributed by atoms with Crippen LogP contribution in [0.5, 0.6) is 5.75 Å². The maximum absolute atomic E-state index is 13.2. The van der Waals surface area contributed by atoms with E-state index in [9.17, 15) is 13.2 Å². The standard InChI is InChI=1S/C20H24N2O4S/c1-14(2)7-8-15-9-11-16(12-10-15)27(24,25)22-13-19(20(21)23)26-18-6-4-3-5-17(18)22/h3-6,9-12,14,19H,7-8,13H2,1-2H3,(H2,21,23)/t19-/m0/s1. The first kappa shape index (κ1) is 19.2. The molecule has 144 valence electrons. The summed E-state index contributed by atoms with van der Waals surface area (Å²) in [6.07, 6.45) is 0.922. The molecule has 1 heterocycles. The van der Waals surface area contributed by atoms with Crippen LogP contribution < -0.4 is 14.8 Å². The van der Waals surface area contributed by atoms with E-state index in [1.54, 1.807) is 36.4 Å². The van der Waals surface area contributed by atoms with Gasteiger partial charge in [-0.2, -0.15) is 0 Å². The Morgan fingerprint density at radius 1 is 1.19 bits per heavy atom. The molecule has 6 nitrogen and oxygen atoms in total. The molecule has 3 rings (SSSR count). The summed E-state index contributed by atoms with van der Waals surface area (Å²) in [5.41, 5.74) is 6.86. The third kappa shape index (κ3) is 4.08. The van der Waals surface area contributed by atoms with Crippen LogP contribution in [0.4, 0.5) is 5.69 Å². The van der Waals surface area contributed by atoms with Gasteiger partial charge in [-0.15, -0.1) is 0 Å². The number of sulfonamides is 1. The van der Waals surface area contributed by atoms with Gasteiger partial charge in [-0.05, 0) is 48.6 Å². The van der Waals surface area contributed by atoms with E-state index in [0.717, 1.165) is 18.4 Å². The second-order valence-corrected chi connectivity index (χ2v) is 8.95. The average Bonchev–Trinajstić information content (AvgIpc) is 2.65. The molecule has 27 heavy (non-hydrogen) atoms. The Labute approximate surface area is 160 Å². The van der Waals surface area contributed by atoms with Gasteiger partial charge in [0.25, 0.3) is 15.9 Å². The van der Waals surface area contributed by atoms with E-state index in [0.29, 0.717) is 17.4 Å². The molecule has 2 aromatic carbocycles. The van der Waals surface area contributed by atoms with Crippen molar-refractivity contribution in [2.24, 2.45) is 11.7 Å². The Balaban J connectivity index is 1.92. The molecule has 0 radical (unpaired) electrons. The van der Waals surface area contributed by atoms with Gasteiger partial charge in [0, 0.05) is 0 Å². The number of carbonyl (C=O) groups is 1. The van der Waals surface area contributed by atoms with Crippen LogP contribution in [0.1, 0.15) is 25.8 Å². The Morgan fingerprint density at radius 2 is 1.85 bits per heavy atom. The molecular weight excluding hydrogens is 364 g/mol. The molecule has 0 aromatic heterocycles. The van der Waals surface area contributed by atoms with Crippen molar-refractivity contribution in [2.75, 3.05) is 10.8 Å². The summed E-state index contributed by atoms with van der Waals surface area (Å²) in [4.78, 5) is 11.8. The maximum atomic E-state index is 13.2. The zero-order chi connectivity index (χ0) is 19.6. The fourth-order valence-electron chi connectivity index (χ4n) is 2.99. The summed E-state index contributed by atoms with van der Waals surface area (Å²) in [5, 5.41) is 0. The third-order valence-electron chi connectivity index (χ3n) is 4.57. The number of fused-ring (bicyclic) bond motifs is 1. The number of carbonyl (C=O) groups excluding carboxylic acids is 1. The Kier molecular flexibility index (Phi) is 5.41. The lowest BCUT2D eigenvalue weighted by atomic mass is 10.0. The highest BCUT2D eigenvalue weighted by Gasteiger charge is 2.36. The van der Waals surface area contributed by atoms with Gasteiger partial charge < -0.3 is 10.5 Å². The van der Waals surface area contributed by atoms with Gasteiger partial charge >= 0.3 is 0 Å². The van der Waals surface area contributed by atoms with Crippen molar-refractivity contribution < 1.29 is 17.9 Å². The molecule has 1 amide bonds. The molecule has 0 unspecified atom stereocenters. The predicted molar refractivity (Wildman–Crippen MR) is 104 cm³/mol. The van der Waals surface area contributed by atoms with Gasteiger partial charge in [0.15, 0.2) is 6.10 Å². The fourth-order valence-corrected chi connectivity index (χ4v) is 4.46. The second kappa shape index (κ2) is 7.60. The highest BCUT2D eigenvalue weighted by Crippen LogP contribution is 2.36. The van der Waals surface area contributed by atoms with E-state index in [1.165, 1.54) is 4.31 Å². The number of aryl methyl sites for hydroxylation is 1. The van der Waals surface area contributed by atoms with Gasteiger partial charge in [0.1, 0.15) is 5.75 Å². The van der Waals surface area contributed by atoms with E-state index in [4.69, 9.17) is 10.5 Å². The molecule has 1 atom stereocenters. The van der Waals surface area contributed by atoms with Crippen LogP contribution >= 0.6 is 0 Å². The first-order chi connectivity index (χ1) is 12.8. The number of ether oxygens (including phenoxy) is 1. The minimum atomic E-state index is -3.84. The quantitative estimate of drug-likeness (QED) is 0.824. The number of para-hydroxylation sites is 2. The van der Waals surface area contributed by atoms with Crippen molar-refractivity contribution in [2.45, 2.75) is 37.7 Å². The van der Waals surface area contributed by atoms with Crippen molar-refractivity contribution in [3.63, 3.8) is 0 Å². The number of hydrogen-bond acceptors (Lipinski definition) is 4. The molecule has 0 saturated heterocycles. The fraction of sp³-hybridized carbons (Fsp3) is 0.350. The normalized spacial score (nSPS) is 16.7. The SMILES string of the molecule is CC(C)CCc1ccc(S(=O)(=O)N2C[C@@H](C(N)=O)Oc3ccccc32)cc1. The summed E-state index contributed by atoms with van der Waals surface area (Å²) >= 11 is 0. The molecule has 0 fully saturated rings. The highest BCUT2D eigenvalue weighted by molar-refractivity contribution is 7.92. The molecular formula is C20H24N2O4S. The van der Waals surface area contributed by atoms with Crippen molar-refractivity contribution in [1.82, 2.24) is 0 Å². The molecule has 7 heteroatoms. The van der Waals surface area contributed by atoms with Gasteiger partial charge in [0.05, 0.1) is 17.1 Å². The van der Waals surface area contributed by atoms with Crippen molar-refractivity contribution >= 4 is 21.6 Å². The number of hydrogen-bond donors (Lipinski definition) is 1. The molecule has 2 N–H and O–H groups in total. The van der Waals surface area contributed by atoms with Crippen LogP contribution in [0.3, 0.4) is 0 Å². The number of nitrogens with two attached hydrogens (primary N) is 1. The molecule has 1 aliphatic rings. The number of benzene rings is 2. The van der Waals surface area contributed by atoms with E-state index in [-0.39, 0.29) is 11.4 Å².